The van der Waals surface area contributed by atoms with Gasteiger partial charge in [-0.05, 0) is 53.4 Å². The van der Waals surface area contributed by atoms with E-state index in [1.165, 1.54) is 6.26 Å². The Kier molecular flexibility index (Phi) is 5.07. The smallest absolute Gasteiger partial charge is 0.294 e. The second-order valence-electron chi connectivity index (χ2n) is 6.71. The number of furan rings is 1. The lowest BCUT2D eigenvalue weighted by atomic mass is 10.0. The fraction of sp³-hybridized carbons (Fsp3) is 0.0800. The van der Waals surface area contributed by atoms with Crippen molar-refractivity contribution in [3.63, 3.8) is 0 Å². The molecular weight excluding hydrogens is 346 g/mol. The van der Waals surface area contributed by atoms with Crippen molar-refractivity contribution in [3.05, 3.63) is 114 Å². The Morgan fingerprint density at radius 3 is 2.14 bits per heavy atom. The van der Waals surface area contributed by atoms with E-state index in [4.69, 9.17) is 4.42 Å². The molecule has 0 radical (unpaired) electrons. The lowest BCUT2D eigenvalue weighted by Crippen LogP contribution is -2.30. The fourth-order valence-corrected chi connectivity index (χ4v) is 3.24. The first kappa shape index (κ1) is 17.8. The molecule has 0 saturated heterocycles. The highest BCUT2D eigenvalue weighted by atomic mass is 16.3. The molecule has 4 aromatic rings. The summed E-state index contributed by atoms with van der Waals surface area (Å²) >= 11 is 0. The summed E-state index contributed by atoms with van der Waals surface area (Å²) in [5.41, 5.74) is 5.36. The van der Waals surface area contributed by atoms with E-state index >= 15 is 0 Å². The summed E-state index contributed by atoms with van der Waals surface area (Å²) in [5.74, 6) is 0.182. The van der Waals surface area contributed by atoms with Crippen LogP contribution in [0, 0.1) is 6.92 Å². The Labute approximate surface area is 164 Å². The van der Waals surface area contributed by atoms with Crippen LogP contribution in [0.4, 0.5) is 5.69 Å². The molecule has 3 heteroatoms. The molecule has 1 amide bonds. The predicted molar refractivity (Wildman–Crippen MR) is 112 cm³/mol. The third-order valence-corrected chi connectivity index (χ3v) is 4.85. The molecule has 138 valence electrons. The Balaban J connectivity index is 1.68. The molecule has 0 spiro atoms. The van der Waals surface area contributed by atoms with Crippen molar-refractivity contribution in [2.24, 2.45) is 0 Å². The minimum absolute atomic E-state index is 0.152. The quantitative estimate of drug-likeness (QED) is 0.427. The van der Waals surface area contributed by atoms with Gasteiger partial charge in [0.25, 0.3) is 5.91 Å². The van der Waals surface area contributed by atoms with Gasteiger partial charge in [0.2, 0.25) is 0 Å². The van der Waals surface area contributed by atoms with Crippen molar-refractivity contribution in [1.82, 2.24) is 0 Å². The Bertz CT molecular complexity index is 1050. The van der Waals surface area contributed by atoms with Gasteiger partial charge in [0.1, 0.15) is 0 Å². The number of carbonyl (C=O) groups is 1. The van der Waals surface area contributed by atoms with E-state index in [0.717, 1.165) is 27.9 Å². The molecule has 0 bridgehead atoms. The van der Waals surface area contributed by atoms with E-state index < -0.39 is 0 Å². The monoisotopic (exact) mass is 367 g/mol. The average Bonchev–Trinajstić information content (AvgIpc) is 3.29. The number of benzene rings is 3. The van der Waals surface area contributed by atoms with E-state index in [0.29, 0.717) is 12.3 Å². The number of hydrogen-bond acceptors (Lipinski definition) is 2. The van der Waals surface area contributed by atoms with E-state index in [9.17, 15) is 4.79 Å². The van der Waals surface area contributed by atoms with Crippen molar-refractivity contribution in [3.8, 4) is 11.1 Å². The highest BCUT2D eigenvalue weighted by Crippen LogP contribution is 2.26. The second kappa shape index (κ2) is 7.97. The lowest BCUT2D eigenvalue weighted by Gasteiger charge is -2.23. The van der Waals surface area contributed by atoms with Crippen molar-refractivity contribution < 1.29 is 9.21 Å². The van der Waals surface area contributed by atoms with Gasteiger partial charge in [-0.3, -0.25) is 4.79 Å². The van der Waals surface area contributed by atoms with Gasteiger partial charge in [-0.15, -0.1) is 0 Å². The molecule has 0 aliphatic heterocycles. The summed E-state index contributed by atoms with van der Waals surface area (Å²) in [5, 5.41) is 0. The van der Waals surface area contributed by atoms with Crippen LogP contribution in [-0.2, 0) is 6.54 Å². The Morgan fingerprint density at radius 1 is 0.786 bits per heavy atom. The molecule has 4 rings (SSSR count). The standard InChI is InChI=1S/C25H21NO2/c1-19-8-5-6-11-22(19)18-26(25(27)24-12-7-17-28-24)23-15-13-21(14-16-23)20-9-3-2-4-10-20/h2-17H,18H2,1H3. The molecule has 0 aliphatic carbocycles. The minimum Gasteiger partial charge on any atom is -0.459 e. The largest absolute Gasteiger partial charge is 0.459 e. The summed E-state index contributed by atoms with van der Waals surface area (Å²) in [7, 11) is 0. The molecule has 0 saturated carbocycles. The van der Waals surface area contributed by atoms with E-state index in [1.807, 2.05) is 54.6 Å². The first-order chi connectivity index (χ1) is 13.7. The molecule has 0 fully saturated rings. The van der Waals surface area contributed by atoms with Crippen LogP contribution in [0.3, 0.4) is 0 Å². The van der Waals surface area contributed by atoms with Gasteiger partial charge in [0.15, 0.2) is 5.76 Å². The van der Waals surface area contributed by atoms with Crippen LogP contribution in [0.25, 0.3) is 11.1 Å². The molecule has 28 heavy (non-hydrogen) atoms. The maximum Gasteiger partial charge on any atom is 0.294 e. The molecule has 0 atom stereocenters. The van der Waals surface area contributed by atoms with E-state index in [1.54, 1.807) is 17.0 Å². The van der Waals surface area contributed by atoms with Crippen LogP contribution in [0.15, 0.2) is 102 Å². The number of amides is 1. The molecule has 3 aromatic carbocycles. The third-order valence-electron chi connectivity index (χ3n) is 4.85. The van der Waals surface area contributed by atoms with Gasteiger partial charge in [-0.1, -0.05) is 66.7 Å². The van der Waals surface area contributed by atoms with Crippen molar-refractivity contribution in [1.29, 1.82) is 0 Å². The number of rotatable bonds is 5. The zero-order chi connectivity index (χ0) is 19.3. The molecule has 1 heterocycles. The molecule has 1 aromatic heterocycles. The number of hydrogen-bond donors (Lipinski definition) is 0. The topological polar surface area (TPSA) is 33.5 Å². The van der Waals surface area contributed by atoms with Crippen LogP contribution >= 0.6 is 0 Å². The summed E-state index contributed by atoms with van der Waals surface area (Å²) in [6, 6.07) is 29.8. The minimum atomic E-state index is -0.152. The second-order valence-corrected chi connectivity index (χ2v) is 6.71. The van der Waals surface area contributed by atoms with Crippen LogP contribution in [-0.4, -0.2) is 5.91 Å². The maximum atomic E-state index is 13.1. The van der Waals surface area contributed by atoms with Gasteiger partial charge in [-0.25, -0.2) is 0 Å². The third kappa shape index (κ3) is 3.74. The molecule has 0 aliphatic rings. The maximum absolute atomic E-state index is 13.1. The number of anilines is 1. The van der Waals surface area contributed by atoms with Gasteiger partial charge >= 0.3 is 0 Å². The number of aryl methyl sites for hydroxylation is 1. The van der Waals surface area contributed by atoms with Crippen LogP contribution in [0.5, 0.6) is 0 Å². The van der Waals surface area contributed by atoms with E-state index in [2.05, 4.69) is 31.2 Å². The summed E-state index contributed by atoms with van der Waals surface area (Å²) in [4.78, 5) is 14.9. The summed E-state index contributed by atoms with van der Waals surface area (Å²) in [6.07, 6.45) is 1.53. The molecule has 3 nitrogen and oxygen atoms in total. The number of nitrogens with zero attached hydrogens (tertiary/aromatic N) is 1. The van der Waals surface area contributed by atoms with Gasteiger partial charge in [0.05, 0.1) is 12.8 Å². The van der Waals surface area contributed by atoms with Crippen molar-refractivity contribution in [2.75, 3.05) is 4.90 Å². The van der Waals surface area contributed by atoms with Gasteiger partial charge in [-0.2, -0.15) is 0 Å². The first-order valence-corrected chi connectivity index (χ1v) is 9.28. The zero-order valence-corrected chi connectivity index (χ0v) is 15.7. The van der Waals surface area contributed by atoms with Crippen LogP contribution in [0.1, 0.15) is 21.7 Å². The lowest BCUT2D eigenvalue weighted by molar-refractivity contribution is 0.0958. The molecular formula is C25H21NO2. The Hall–Kier alpha value is -3.59. The van der Waals surface area contributed by atoms with Gasteiger partial charge in [0, 0.05) is 5.69 Å². The van der Waals surface area contributed by atoms with Crippen LogP contribution < -0.4 is 4.90 Å². The van der Waals surface area contributed by atoms with E-state index in [-0.39, 0.29) is 5.91 Å². The Morgan fingerprint density at radius 2 is 1.46 bits per heavy atom. The van der Waals surface area contributed by atoms with Crippen molar-refractivity contribution in [2.45, 2.75) is 13.5 Å². The summed E-state index contributed by atoms with van der Waals surface area (Å²) < 4.78 is 5.37. The predicted octanol–water partition coefficient (Wildman–Crippen LogP) is 6.10. The summed E-state index contributed by atoms with van der Waals surface area (Å²) in [6.45, 7) is 2.54. The highest BCUT2D eigenvalue weighted by molar-refractivity contribution is 6.04. The highest BCUT2D eigenvalue weighted by Gasteiger charge is 2.21. The normalized spacial score (nSPS) is 10.6. The average molecular weight is 367 g/mol. The first-order valence-electron chi connectivity index (χ1n) is 9.28. The number of carbonyl (C=O) groups excluding carboxylic acids is 1. The fourth-order valence-electron chi connectivity index (χ4n) is 3.24. The SMILES string of the molecule is Cc1ccccc1CN(C(=O)c1ccco1)c1ccc(-c2ccccc2)cc1. The molecule has 0 unspecified atom stereocenters. The van der Waals surface area contributed by atoms with Crippen LogP contribution in [0.2, 0.25) is 0 Å². The zero-order valence-electron chi connectivity index (χ0n) is 15.7. The van der Waals surface area contributed by atoms with Crippen molar-refractivity contribution >= 4 is 11.6 Å². The molecule has 0 N–H and O–H groups in total. The van der Waals surface area contributed by atoms with Gasteiger partial charge < -0.3 is 9.32 Å².